The van der Waals surface area contributed by atoms with E-state index >= 15 is 0 Å². The highest BCUT2D eigenvalue weighted by Gasteiger charge is 2.37. The fourth-order valence-corrected chi connectivity index (χ4v) is 4.36. The Morgan fingerprint density at radius 3 is 1.19 bits per heavy atom. The molecule has 0 aliphatic heterocycles. The summed E-state index contributed by atoms with van der Waals surface area (Å²) in [6.45, 7) is 0.962. The van der Waals surface area contributed by atoms with Crippen molar-refractivity contribution in [1.29, 1.82) is 0 Å². The number of esters is 2. The Morgan fingerprint density at radius 1 is 0.531 bits per heavy atom. The number of carboxylic acids is 2. The second kappa shape index (κ2) is 14.1. The second-order valence-corrected chi connectivity index (χ2v) is 8.23. The summed E-state index contributed by atoms with van der Waals surface area (Å²) in [5, 5.41) is 18.4. The minimum absolute atomic E-state index is 0.0470. The van der Waals surface area contributed by atoms with Crippen molar-refractivity contribution in [3.63, 3.8) is 0 Å². The summed E-state index contributed by atoms with van der Waals surface area (Å²) in [6.07, 6.45) is 5.34. The molecule has 0 bridgehead atoms. The van der Waals surface area contributed by atoms with Gasteiger partial charge in [0.25, 0.3) is 0 Å². The highest BCUT2D eigenvalue weighted by Crippen LogP contribution is 2.32. The SMILES string of the molecule is O=C(O)C1CCCCC1C(=O)OCCOCCOCCOC(=O)C1CCCCC1C(=O)O. The molecule has 32 heavy (non-hydrogen) atoms. The van der Waals surface area contributed by atoms with Gasteiger partial charge in [-0.15, -0.1) is 0 Å². The molecule has 0 aromatic heterocycles. The molecule has 182 valence electrons. The van der Waals surface area contributed by atoms with Gasteiger partial charge in [0.15, 0.2) is 0 Å². The maximum atomic E-state index is 12.1. The zero-order chi connectivity index (χ0) is 23.3. The van der Waals surface area contributed by atoms with E-state index in [1.54, 1.807) is 0 Å². The minimum Gasteiger partial charge on any atom is -0.481 e. The Labute approximate surface area is 187 Å². The number of carbonyl (C=O) groups is 4. The highest BCUT2D eigenvalue weighted by molar-refractivity contribution is 5.82. The molecule has 2 N–H and O–H groups in total. The van der Waals surface area contributed by atoms with Gasteiger partial charge in [-0.1, -0.05) is 25.7 Å². The Hall–Kier alpha value is -2.20. The van der Waals surface area contributed by atoms with E-state index in [0.29, 0.717) is 25.7 Å². The molecule has 4 atom stereocenters. The van der Waals surface area contributed by atoms with Gasteiger partial charge in [0.05, 0.1) is 50.1 Å². The summed E-state index contributed by atoms with van der Waals surface area (Å²) in [6, 6.07) is 0. The van der Waals surface area contributed by atoms with E-state index < -0.39 is 47.5 Å². The molecule has 2 rings (SSSR count). The Balaban J connectivity index is 1.47. The van der Waals surface area contributed by atoms with Crippen LogP contribution in [-0.2, 0) is 38.1 Å². The summed E-state index contributed by atoms with van der Waals surface area (Å²) < 4.78 is 20.9. The summed E-state index contributed by atoms with van der Waals surface area (Å²) in [7, 11) is 0. The average molecular weight is 459 g/mol. The van der Waals surface area contributed by atoms with Crippen molar-refractivity contribution in [2.75, 3.05) is 39.6 Å². The van der Waals surface area contributed by atoms with Crippen molar-refractivity contribution < 1.29 is 48.3 Å². The van der Waals surface area contributed by atoms with Crippen LogP contribution < -0.4 is 0 Å². The van der Waals surface area contributed by atoms with Crippen LogP contribution in [0.1, 0.15) is 51.4 Å². The fourth-order valence-electron chi connectivity index (χ4n) is 4.36. The molecule has 2 saturated carbocycles. The van der Waals surface area contributed by atoms with Crippen LogP contribution >= 0.6 is 0 Å². The monoisotopic (exact) mass is 458 g/mol. The number of hydrogen-bond donors (Lipinski definition) is 2. The number of hydrogen-bond acceptors (Lipinski definition) is 8. The lowest BCUT2D eigenvalue weighted by molar-refractivity contribution is -0.161. The van der Waals surface area contributed by atoms with Gasteiger partial charge in [-0.3, -0.25) is 19.2 Å². The normalized spacial score (nSPS) is 25.6. The largest absolute Gasteiger partial charge is 0.481 e. The molecule has 0 radical (unpaired) electrons. The molecule has 0 amide bonds. The number of carbonyl (C=O) groups excluding carboxylic acids is 2. The van der Waals surface area contributed by atoms with Gasteiger partial charge in [0.2, 0.25) is 0 Å². The standard InChI is InChI=1S/C22H34O10/c23-19(24)15-5-1-3-7-17(15)21(27)31-13-11-29-9-10-30-12-14-32-22(28)18-8-4-2-6-16(18)20(25)26/h15-18H,1-14H2,(H,23,24)(H,25,26). The van der Waals surface area contributed by atoms with Crippen molar-refractivity contribution in [2.45, 2.75) is 51.4 Å². The summed E-state index contributed by atoms with van der Waals surface area (Å²) >= 11 is 0. The summed E-state index contributed by atoms with van der Waals surface area (Å²) in [5.41, 5.74) is 0. The molecular formula is C22H34O10. The van der Waals surface area contributed by atoms with E-state index in [1.165, 1.54) is 0 Å². The third kappa shape index (κ3) is 8.38. The molecule has 2 fully saturated rings. The van der Waals surface area contributed by atoms with Gasteiger partial charge in [0.1, 0.15) is 13.2 Å². The summed E-state index contributed by atoms with van der Waals surface area (Å²) in [5.74, 6) is -5.40. The van der Waals surface area contributed by atoms with Crippen LogP contribution in [0.4, 0.5) is 0 Å². The molecule has 4 unspecified atom stereocenters. The van der Waals surface area contributed by atoms with E-state index in [9.17, 15) is 29.4 Å². The first-order valence-corrected chi connectivity index (χ1v) is 11.4. The van der Waals surface area contributed by atoms with Gasteiger partial charge < -0.3 is 29.2 Å². The van der Waals surface area contributed by atoms with E-state index in [0.717, 1.165) is 25.7 Å². The number of carboxylic acid groups (broad SMARTS) is 2. The lowest BCUT2D eigenvalue weighted by Crippen LogP contribution is -2.34. The number of aliphatic carboxylic acids is 2. The molecule has 2 aliphatic rings. The molecule has 0 heterocycles. The lowest BCUT2D eigenvalue weighted by atomic mass is 9.79. The quantitative estimate of drug-likeness (QED) is 0.310. The zero-order valence-electron chi connectivity index (χ0n) is 18.4. The maximum absolute atomic E-state index is 12.1. The smallest absolute Gasteiger partial charge is 0.309 e. The number of rotatable bonds is 13. The van der Waals surface area contributed by atoms with Crippen LogP contribution in [-0.4, -0.2) is 73.7 Å². The minimum atomic E-state index is -0.953. The van der Waals surface area contributed by atoms with Gasteiger partial charge in [-0.2, -0.15) is 0 Å². The topological polar surface area (TPSA) is 146 Å². The van der Waals surface area contributed by atoms with E-state index in [2.05, 4.69) is 0 Å². The summed E-state index contributed by atoms with van der Waals surface area (Å²) in [4.78, 5) is 46.7. The molecule has 0 spiro atoms. The van der Waals surface area contributed by atoms with E-state index in [-0.39, 0.29) is 39.6 Å². The van der Waals surface area contributed by atoms with Gasteiger partial charge in [-0.05, 0) is 25.7 Å². The van der Waals surface area contributed by atoms with Gasteiger partial charge in [-0.25, -0.2) is 0 Å². The van der Waals surface area contributed by atoms with Crippen molar-refractivity contribution in [2.24, 2.45) is 23.7 Å². The fraction of sp³-hybridized carbons (Fsp3) is 0.818. The third-order valence-electron chi connectivity index (χ3n) is 6.09. The molecule has 0 aromatic rings. The number of ether oxygens (including phenoxy) is 4. The molecule has 10 heteroatoms. The van der Waals surface area contributed by atoms with Crippen LogP contribution in [0.3, 0.4) is 0 Å². The van der Waals surface area contributed by atoms with Crippen LogP contribution in [0.5, 0.6) is 0 Å². The highest BCUT2D eigenvalue weighted by atomic mass is 16.6. The third-order valence-corrected chi connectivity index (χ3v) is 6.09. The average Bonchev–Trinajstić information content (AvgIpc) is 2.79. The first-order chi connectivity index (χ1) is 15.4. The van der Waals surface area contributed by atoms with Gasteiger partial charge >= 0.3 is 23.9 Å². The van der Waals surface area contributed by atoms with Crippen LogP contribution in [0.15, 0.2) is 0 Å². The second-order valence-electron chi connectivity index (χ2n) is 8.23. The van der Waals surface area contributed by atoms with Crippen molar-refractivity contribution in [3.05, 3.63) is 0 Å². The van der Waals surface area contributed by atoms with Crippen LogP contribution in [0.2, 0.25) is 0 Å². The Morgan fingerprint density at radius 2 is 0.844 bits per heavy atom. The van der Waals surface area contributed by atoms with Crippen molar-refractivity contribution >= 4 is 23.9 Å². The van der Waals surface area contributed by atoms with Crippen molar-refractivity contribution in [3.8, 4) is 0 Å². The predicted molar refractivity (Wildman–Crippen MR) is 110 cm³/mol. The Bertz CT molecular complexity index is 580. The van der Waals surface area contributed by atoms with Crippen LogP contribution in [0.25, 0.3) is 0 Å². The molecule has 0 aromatic carbocycles. The van der Waals surface area contributed by atoms with E-state index in [4.69, 9.17) is 18.9 Å². The van der Waals surface area contributed by atoms with Gasteiger partial charge in [0, 0.05) is 0 Å². The first-order valence-electron chi connectivity index (χ1n) is 11.4. The predicted octanol–water partition coefficient (Wildman–Crippen LogP) is 1.89. The maximum Gasteiger partial charge on any atom is 0.309 e. The molecule has 2 aliphatic carbocycles. The molecule has 10 nitrogen and oxygen atoms in total. The molecular weight excluding hydrogens is 424 g/mol. The van der Waals surface area contributed by atoms with Crippen molar-refractivity contribution in [1.82, 2.24) is 0 Å². The lowest BCUT2D eigenvalue weighted by Gasteiger charge is -2.26. The zero-order valence-corrected chi connectivity index (χ0v) is 18.4. The van der Waals surface area contributed by atoms with E-state index in [1.807, 2.05) is 0 Å². The first kappa shape index (κ1) is 26.1. The van der Waals surface area contributed by atoms with Crippen LogP contribution in [0, 0.1) is 23.7 Å². The molecule has 0 saturated heterocycles. The Kier molecular flexibility index (Phi) is 11.4.